The number of carbonyl (C=O) groups excluding carboxylic acids is 2. The van der Waals surface area contributed by atoms with E-state index in [1.807, 2.05) is 34.7 Å². The minimum absolute atomic E-state index is 0.0112. The fourth-order valence-corrected chi connectivity index (χ4v) is 7.92. The summed E-state index contributed by atoms with van der Waals surface area (Å²) in [6.45, 7) is 16.4. The summed E-state index contributed by atoms with van der Waals surface area (Å²) in [4.78, 5) is 30.2. The Morgan fingerprint density at radius 2 is 1.75 bits per heavy atom. The number of aliphatic hydroxyl groups is 3. The Kier molecular flexibility index (Phi) is 14.7. The summed E-state index contributed by atoms with van der Waals surface area (Å²) in [7, 11) is 5.24. The van der Waals surface area contributed by atoms with Gasteiger partial charge in [0, 0.05) is 52.0 Å². The average molecular weight is 688 g/mol. The summed E-state index contributed by atoms with van der Waals surface area (Å²) in [6, 6.07) is -0.158. The van der Waals surface area contributed by atoms with Crippen molar-refractivity contribution in [2.24, 2.45) is 23.7 Å². The molecule has 3 aliphatic rings. The van der Waals surface area contributed by atoms with E-state index in [-0.39, 0.29) is 55.9 Å². The Labute approximate surface area is 287 Å². The van der Waals surface area contributed by atoms with Gasteiger partial charge >= 0.3 is 0 Å². The molecule has 13 nitrogen and oxygen atoms in total. The molecule has 0 bridgehead atoms. The Hall–Kier alpha value is -1.42. The highest BCUT2D eigenvalue weighted by atomic mass is 16.7. The van der Waals surface area contributed by atoms with Crippen LogP contribution in [0.4, 0.5) is 0 Å². The van der Waals surface area contributed by atoms with Crippen molar-refractivity contribution in [1.82, 2.24) is 15.1 Å². The fraction of sp³-hybridized carbons (Fsp3) is 0.943. The molecular weight excluding hydrogens is 622 g/mol. The molecule has 13 heteroatoms. The molecule has 3 aliphatic heterocycles. The van der Waals surface area contributed by atoms with Gasteiger partial charge in [0.25, 0.3) is 0 Å². The summed E-state index contributed by atoms with van der Waals surface area (Å²) in [6.07, 6.45) is -3.68. The first-order chi connectivity index (χ1) is 22.3. The number of amides is 2. The molecule has 0 radical (unpaired) electrons. The monoisotopic (exact) mass is 687 g/mol. The van der Waals surface area contributed by atoms with Gasteiger partial charge in [0.2, 0.25) is 11.8 Å². The maximum Gasteiger partial charge on any atom is 0.225 e. The van der Waals surface area contributed by atoms with Crippen LogP contribution in [0.2, 0.25) is 0 Å². The number of carbonyl (C=O) groups is 2. The third-order valence-corrected chi connectivity index (χ3v) is 11.2. The number of rotatable bonds is 8. The van der Waals surface area contributed by atoms with Gasteiger partial charge in [-0.2, -0.15) is 0 Å². The highest BCUT2D eigenvalue weighted by molar-refractivity contribution is 5.80. The smallest absolute Gasteiger partial charge is 0.225 e. The van der Waals surface area contributed by atoms with Crippen LogP contribution in [0.15, 0.2) is 0 Å². The lowest BCUT2D eigenvalue weighted by Crippen LogP contribution is -2.58. The first-order valence-electron chi connectivity index (χ1n) is 17.8. The second-order valence-electron chi connectivity index (χ2n) is 15.3. The van der Waals surface area contributed by atoms with E-state index >= 15 is 0 Å². The van der Waals surface area contributed by atoms with Crippen LogP contribution in [0.3, 0.4) is 0 Å². The Bertz CT molecular complexity index is 1050. The Morgan fingerprint density at radius 1 is 1.08 bits per heavy atom. The number of nitrogens with zero attached hydrogens (tertiary/aromatic N) is 2. The predicted molar refractivity (Wildman–Crippen MR) is 180 cm³/mol. The second-order valence-corrected chi connectivity index (χ2v) is 15.3. The van der Waals surface area contributed by atoms with Crippen molar-refractivity contribution in [3.63, 3.8) is 0 Å². The molecule has 0 aromatic carbocycles. The Morgan fingerprint density at radius 3 is 2.38 bits per heavy atom. The number of aliphatic hydroxyl groups excluding tert-OH is 2. The highest BCUT2D eigenvalue weighted by Crippen LogP contribution is 2.40. The number of hydrogen-bond donors (Lipinski definition) is 4. The third-order valence-electron chi connectivity index (χ3n) is 11.2. The lowest BCUT2D eigenvalue weighted by atomic mass is 9.72. The molecule has 3 saturated heterocycles. The minimum atomic E-state index is -1.34. The fourth-order valence-electron chi connectivity index (χ4n) is 7.92. The molecule has 4 N–H and O–H groups in total. The van der Waals surface area contributed by atoms with E-state index in [9.17, 15) is 24.9 Å². The van der Waals surface area contributed by atoms with Gasteiger partial charge < -0.3 is 54.1 Å². The molecule has 0 aromatic heterocycles. The van der Waals surface area contributed by atoms with Crippen LogP contribution in [0.5, 0.6) is 0 Å². The van der Waals surface area contributed by atoms with Crippen LogP contribution in [0.1, 0.15) is 81.1 Å². The lowest BCUT2D eigenvalue weighted by molar-refractivity contribution is -0.300. The molecule has 280 valence electrons. The molecule has 48 heavy (non-hydrogen) atoms. The summed E-state index contributed by atoms with van der Waals surface area (Å²) in [5.74, 6) is -2.25. The van der Waals surface area contributed by atoms with Crippen LogP contribution >= 0.6 is 0 Å². The first-order valence-corrected chi connectivity index (χ1v) is 17.8. The molecule has 0 aliphatic carbocycles. The van der Waals surface area contributed by atoms with Gasteiger partial charge in [-0.15, -0.1) is 0 Å². The summed E-state index contributed by atoms with van der Waals surface area (Å²) < 4.78 is 31.0. The summed E-state index contributed by atoms with van der Waals surface area (Å²) >= 11 is 0. The average Bonchev–Trinajstić information content (AvgIpc) is 3.01. The third kappa shape index (κ3) is 9.88. The van der Waals surface area contributed by atoms with Crippen LogP contribution in [-0.2, 0) is 33.3 Å². The van der Waals surface area contributed by atoms with Crippen molar-refractivity contribution in [2.75, 3.05) is 47.4 Å². The quantitative estimate of drug-likeness (QED) is 0.295. The number of ether oxygens (including phenoxy) is 5. The second kappa shape index (κ2) is 17.2. The molecule has 0 spiro atoms. The largest absolute Gasteiger partial charge is 0.390 e. The zero-order valence-electron chi connectivity index (χ0n) is 31.2. The molecule has 0 aromatic rings. The zero-order valence-corrected chi connectivity index (χ0v) is 31.2. The normalized spacial score (nSPS) is 44.4. The van der Waals surface area contributed by atoms with Crippen LogP contribution in [0, 0.1) is 23.7 Å². The van der Waals surface area contributed by atoms with E-state index in [1.165, 1.54) is 7.11 Å². The van der Waals surface area contributed by atoms with E-state index in [1.54, 1.807) is 39.6 Å². The standard InChI is InChI=1S/C35H65N3O10/c1-12-37(9)26-15-21(3)46-33(29(26)40)45-19-25-22(4)30(48-28-17-35(8,44-11)31(41)24(6)47-28)23(5)32(42)36-14-13-27(39)38(10)18-20(2)16-34(25,7)43/h20-26,28-31,33,40-41,43H,12-19H2,1-11H3,(H,36,42)/t20-,21-,22-,23-,24+,25-,26+,28+,29-,30+,31+,33-,34-,35-/m1/s1. The van der Waals surface area contributed by atoms with Crippen LogP contribution in [-0.4, -0.2) is 145 Å². The highest BCUT2D eigenvalue weighted by Gasteiger charge is 2.49. The van der Waals surface area contributed by atoms with E-state index in [4.69, 9.17) is 23.7 Å². The predicted octanol–water partition coefficient (Wildman–Crippen LogP) is 1.75. The van der Waals surface area contributed by atoms with Crippen molar-refractivity contribution >= 4 is 11.8 Å². The van der Waals surface area contributed by atoms with Crippen molar-refractivity contribution in [3.8, 4) is 0 Å². The molecule has 14 atom stereocenters. The molecular formula is C35H65N3O10. The maximum atomic E-state index is 13.6. The SMILES string of the molecule is CCN(C)[C@H]1C[C@@H](C)O[C@@H](OC[C@@H]2[C@@H](C)[C@H](O[C@H]3C[C@@](C)(OC)[C@@H](O)[C@H](C)O3)[C@@H](C)C(=O)NCCC(=O)N(C)C[C@H](C)C[C@@]2(C)O)[C@@H]1O. The Balaban J connectivity index is 2.00. The zero-order chi connectivity index (χ0) is 36.1. The minimum Gasteiger partial charge on any atom is -0.390 e. The van der Waals surface area contributed by atoms with Gasteiger partial charge in [-0.25, -0.2) is 0 Å². The van der Waals surface area contributed by atoms with Crippen molar-refractivity contribution in [2.45, 2.75) is 141 Å². The molecule has 2 amide bonds. The number of likely N-dealkylation sites (N-methyl/N-ethyl adjacent to an activating group) is 1. The molecule has 3 heterocycles. The van der Waals surface area contributed by atoms with Gasteiger partial charge in [-0.3, -0.25) is 9.59 Å². The van der Waals surface area contributed by atoms with Gasteiger partial charge in [0.05, 0.1) is 42.0 Å². The van der Waals surface area contributed by atoms with E-state index in [0.29, 0.717) is 19.4 Å². The summed E-state index contributed by atoms with van der Waals surface area (Å²) in [5.41, 5.74) is -2.28. The number of hydrogen-bond acceptors (Lipinski definition) is 11. The van der Waals surface area contributed by atoms with Crippen LogP contribution < -0.4 is 5.32 Å². The molecule has 3 fully saturated rings. The molecule has 0 unspecified atom stereocenters. The topological polar surface area (TPSA) is 159 Å². The maximum absolute atomic E-state index is 13.6. The van der Waals surface area contributed by atoms with Gasteiger partial charge in [0.1, 0.15) is 12.2 Å². The molecule has 3 rings (SSSR count). The number of methoxy groups -OCH3 is 1. The van der Waals surface area contributed by atoms with E-state index in [2.05, 4.69) is 10.2 Å². The van der Waals surface area contributed by atoms with Gasteiger partial charge in [0.15, 0.2) is 12.6 Å². The van der Waals surface area contributed by atoms with E-state index < -0.39 is 66.0 Å². The summed E-state index contributed by atoms with van der Waals surface area (Å²) in [5, 5.41) is 37.3. The van der Waals surface area contributed by atoms with Gasteiger partial charge in [-0.1, -0.05) is 27.7 Å². The van der Waals surface area contributed by atoms with Crippen molar-refractivity contribution in [3.05, 3.63) is 0 Å². The van der Waals surface area contributed by atoms with Crippen LogP contribution in [0.25, 0.3) is 0 Å². The van der Waals surface area contributed by atoms with Crippen molar-refractivity contribution in [1.29, 1.82) is 0 Å². The first kappa shape index (κ1) is 41.0. The van der Waals surface area contributed by atoms with Crippen molar-refractivity contribution < 1.29 is 48.6 Å². The number of nitrogens with one attached hydrogen (secondary N) is 1. The van der Waals surface area contributed by atoms with E-state index in [0.717, 1.165) is 6.54 Å². The lowest BCUT2D eigenvalue weighted by Gasteiger charge is -2.48. The van der Waals surface area contributed by atoms with Gasteiger partial charge in [-0.05, 0) is 66.0 Å². The molecule has 0 saturated carbocycles.